The monoisotopic (exact) mass is 346 g/mol. The van der Waals surface area contributed by atoms with E-state index >= 15 is 0 Å². The van der Waals surface area contributed by atoms with Crippen molar-refractivity contribution < 1.29 is 57.1 Å². The van der Waals surface area contributed by atoms with Crippen molar-refractivity contribution in [3.63, 3.8) is 0 Å². The van der Waals surface area contributed by atoms with E-state index in [1.807, 2.05) is 0 Å². The molecule has 13 heteroatoms. The van der Waals surface area contributed by atoms with Gasteiger partial charge in [-0.2, -0.15) is 48.3 Å². The third kappa shape index (κ3) is 3.93. The molecule has 0 aromatic carbocycles. The highest BCUT2D eigenvalue weighted by atomic mass is 19.4. The molecule has 0 saturated carbocycles. The van der Waals surface area contributed by atoms with Gasteiger partial charge in [-0.1, -0.05) is 0 Å². The lowest BCUT2D eigenvalue weighted by molar-refractivity contribution is -0.357. The second-order valence-corrected chi connectivity index (χ2v) is 3.77. The normalized spacial score (nSPS) is 17.4. The number of hydrogen-bond donors (Lipinski definition) is 0. The van der Waals surface area contributed by atoms with Crippen LogP contribution in [0.4, 0.5) is 57.1 Å². The molecule has 0 amide bonds. The Balaban J connectivity index is 6.08. The van der Waals surface area contributed by atoms with Crippen molar-refractivity contribution >= 4 is 0 Å². The summed E-state index contributed by atoms with van der Waals surface area (Å²) in [6.45, 7) is 0. The van der Waals surface area contributed by atoms with E-state index in [0.29, 0.717) is 0 Å². The Morgan fingerprint density at radius 1 is 0.619 bits per heavy atom. The lowest BCUT2D eigenvalue weighted by atomic mass is 9.87. The minimum Gasteiger partial charge on any atom is -0.229 e. The molecule has 0 aliphatic heterocycles. The van der Waals surface area contributed by atoms with Crippen LogP contribution in [-0.2, 0) is 0 Å². The minimum atomic E-state index is -7.01. The van der Waals surface area contributed by atoms with Gasteiger partial charge in [-0.3, -0.25) is 0 Å². The van der Waals surface area contributed by atoms with E-state index in [1.165, 1.54) is 0 Å². The van der Waals surface area contributed by atoms with Crippen LogP contribution in [0, 0.1) is 0 Å². The molecule has 0 N–H and O–H groups in total. The molecule has 0 aliphatic carbocycles. The van der Waals surface area contributed by atoms with Gasteiger partial charge in [-0.25, -0.2) is 8.78 Å². The van der Waals surface area contributed by atoms with Crippen LogP contribution in [-0.4, -0.2) is 29.9 Å². The van der Waals surface area contributed by atoms with Gasteiger partial charge in [0, 0.05) is 12.5 Å². The quantitative estimate of drug-likeness (QED) is 0.612. The molecule has 1 unspecified atom stereocenters. The fraction of sp³-hybridized carbons (Fsp3) is 0.750. The van der Waals surface area contributed by atoms with Crippen LogP contribution in [0.15, 0.2) is 12.2 Å². The van der Waals surface area contributed by atoms with E-state index in [9.17, 15) is 57.1 Å². The Hall–Kier alpha value is -1.17. The Morgan fingerprint density at radius 2 is 0.952 bits per heavy atom. The van der Waals surface area contributed by atoms with Crippen LogP contribution in [0.25, 0.3) is 0 Å². The van der Waals surface area contributed by atoms with Gasteiger partial charge in [0.1, 0.15) is 0 Å². The van der Waals surface area contributed by atoms with E-state index in [4.69, 9.17) is 0 Å². The van der Waals surface area contributed by atoms with Crippen molar-refractivity contribution in [2.24, 2.45) is 0 Å². The van der Waals surface area contributed by atoms with Gasteiger partial charge in [0.05, 0.1) is 0 Å². The Labute approximate surface area is 107 Å². The highest BCUT2D eigenvalue weighted by molar-refractivity contribution is 5.13. The molecule has 0 saturated heterocycles. The molecule has 0 aromatic rings. The maximum absolute atomic E-state index is 13.2. The van der Waals surface area contributed by atoms with Gasteiger partial charge in [-0.15, -0.1) is 0 Å². The zero-order valence-electron chi connectivity index (χ0n) is 9.20. The SMILES string of the molecule is FC(F)=CC(F)(CC(F)(C(F)(F)F)C(F)(F)F)C(F)(F)F. The Kier molecular flexibility index (Phi) is 4.94. The van der Waals surface area contributed by atoms with E-state index in [1.54, 1.807) is 0 Å². The van der Waals surface area contributed by atoms with Crippen LogP contribution in [0.5, 0.6) is 0 Å². The van der Waals surface area contributed by atoms with Crippen molar-refractivity contribution in [3.8, 4) is 0 Å². The van der Waals surface area contributed by atoms with Crippen molar-refractivity contribution in [3.05, 3.63) is 12.2 Å². The molecule has 0 aromatic heterocycles. The Bertz CT molecular complexity index is 378. The second-order valence-electron chi connectivity index (χ2n) is 3.77. The van der Waals surface area contributed by atoms with Gasteiger partial charge in [-0.05, 0) is 0 Å². The first-order valence-corrected chi connectivity index (χ1v) is 4.49. The first-order chi connectivity index (χ1) is 8.87. The molecule has 0 aliphatic rings. The third-order valence-electron chi connectivity index (χ3n) is 2.21. The van der Waals surface area contributed by atoms with E-state index < -0.39 is 48.4 Å². The van der Waals surface area contributed by atoms with Gasteiger partial charge < -0.3 is 0 Å². The van der Waals surface area contributed by atoms with Crippen molar-refractivity contribution in [2.75, 3.05) is 0 Å². The summed E-state index contributed by atoms with van der Waals surface area (Å²) in [7, 11) is 0. The van der Waals surface area contributed by atoms with Gasteiger partial charge in [0.2, 0.25) is 5.67 Å². The number of allylic oxidation sites excluding steroid dienone is 1. The maximum atomic E-state index is 13.2. The molecule has 0 nitrogen and oxygen atoms in total. The lowest BCUT2D eigenvalue weighted by Crippen LogP contribution is -2.59. The van der Waals surface area contributed by atoms with E-state index in [0.717, 1.165) is 0 Å². The molecule has 0 rings (SSSR count). The maximum Gasteiger partial charge on any atom is 0.431 e. The first-order valence-electron chi connectivity index (χ1n) is 4.49. The summed E-state index contributed by atoms with van der Waals surface area (Å²) in [5.41, 5.74) is -12.5. The van der Waals surface area contributed by atoms with Gasteiger partial charge in [0.15, 0.2) is 0 Å². The van der Waals surface area contributed by atoms with Crippen LogP contribution in [0.3, 0.4) is 0 Å². The number of hydrogen-bond acceptors (Lipinski definition) is 0. The molecular formula is C8H3F13. The largest absolute Gasteiger partial charge is 0.431 e. The first kappa shape index (κ1) is 19.8. The topological polar surface area (TPSA) is 0 Å². The molecule has 0 heterocycles. The van der Waals surface area contributed by atoms with Gasteiger partial charge in [0.25, 0.3) is 6.08 Å². The van der Waals surface area contributed by atoms with Crippen LogP contribution >= 0.6 is 0 Å². The summed E-state index contributed by atoms with van der Waals surface area (Å²) < 4.78 is 158. The molecule has 0 radical (unpaired) electrons. The zero-order chi connectivity index (χ0) is 17.5. The van der Waals surface area contributed by atoms with Crippen molar-refractivity contribution in [1.29, 1.82) is 0 Å². The van der Waals surface area contributed by atoms with Crippen molar-refractivity contribution in [1.82, 2.24) is 0 Å². The third-order valence-corrected chi connectivity index (χ3v) is 2.21. The molecule has 21 heavy (non-hydrogen) atoms. The standard InChI is InChI=1S/C8H3F13/c9-3(10)1-4(11,6(13,14)15)2-5(12,7(16,17)18)8(19,20)21/h1H,2H2. The summed E-state index contributed by atoms with van der Waals surface area (Å²) in [6.07, 6.45) is -30.0. The molecule has 0 fully saturated rings. The summed E-state index contributed by atoms with van der Waals surface area (Å²) in [5, 5.41) is 0. The fourth-order valence-electron chi connectivity index (χ4n) is 1.12. The van der Waals surface area contributed by atoms with Crippen LogP contribution < -0.4 is 0 Å². The average molecular weight is 346 g/mol. The second kappa shape index (κ2) is 5.23. The Morgan fingerprint density at radius 3 is 1.14 bits per heavy atom. The zero-order valence-corrected chi connectivity index (χ0v) is 9.20. The molecule has 126 valence electrons. The van der Waals surface area contributed by atoms with Crippen LogP contribution in [0.2, 0.25) is 0 Å². The summed E-state index contributed by atoms with van der Waals surface area (Å²) in [6, 6.07) is 0. The number of rotatable bonds is 3. The molecular weight excluding hydrogens is 343 g/mol. The minimum absolute atomic E-state index is 1.85. The molecule has 0 spiro atoms. The highest BCUT2D eigenvalue weighted by Crippen LogP contribution is 2.54. The predicted molar refractivity (Wildman–Crippen MR) is 40.8 cm³/mol. The summed E-state index contributed by atoms with van der Waals surface area (Å²) in [5.74, 6) is 0. The van der Waals surface area contributed by atoms with Gasteiger partial charge >= 0.3 is 24.2 Å². The highest BCUT2D eigenvalue weighted by Gasteiger charge is 2.77. The summed E-state index contributed by atoms with van der Waals surface area (Å²) >= 11 is 0. The molecule has 1 atom stereocenters. The fourth-order valence-corrected chi connectivity index (χ4v) is 1.12. The number of halogens is 13. The number of alkyl halides is 11. The lowest BCUT2D eigenvalue weighted by Gasteiger charge is -2.35. The average Bonchev–Trinajstić information content (AvgIpc) is 2.09. The van der Waals surface area contributed by atoms with Crippen molar-refractivity contribution in [2.45, 2.75) is 36.3 Å². The van der Waals surface area contributed by atoms with E-state index in [2.05, 4.69) is 0 Å². The summed E-state index contributed by atoms with van der Waals surface area (Å²) in [4.78, 5) is 0. The van der Waals surface area contributed by atoms with E-state index in [-0.39, 0.29) is 0 Å². The predicted octanol–water partition coefficient (Wildman–Crippen LogP) is 5.26. The van der Waals surface area contributed by atoms with Crippen LogP contribution in [0.1, 0.15) is 6.42 Å². The smallest absolute Gasteiger partial charge is 0.229 e. The molecule has 0 bridgehead atoms.